The van der Waals surface area contributed by atoms with Crippen molar-refractivity contribution in [3.8, 4) is 5.75 Å². The minimum absolute atomic E-state index is 0.127. The summed E-state index contributed by atoms with van der Waals surface area (Å²) in [6, 6.07) is 18.8. The second kappa shape index (κ2) is 9.22. The third-order valence-electron chi connectivity index (χ3n) is 5.02. The fraction of sp³-hybridized carbons (Fsp3) is 0.208. The van der Waals surface area contributed by atoms with E-state index in [-0.39, 0.29) is 11.4 Å². The van der Waals surface area contributed by atoms with Gasteiger partial charge in [-0.1, -0.05) is 18.2 Å². The van der Waals surface area contributed by atoms with Crippen molar-refractivity contribution in [3.63, 3.8) is 0 Å². The first kappa shape index (κ1) is 22.4. The molecule has 0 radical (unpaired) electrons. The Hall–Kier alpha value is -3.32. The molecule has 0 aliphatic rings. The third-order valence-corrected chi connectivity index (χ3v) is 6.79. The van der Waals surface area contributed by atoms with Crippen LogP contribution >= 0.6 is 0 Å². The fourth-order valence-electron chi connectivity index (χ4n) is 3.12. The van der Waals surface area contributed by atoms with Gasteiger partial charge in [0.05, 0.1) is 17.7 Å². The molecule has 0 aromatic heterocycles. The number of hydrogen-bond donors (Lipinski definition) is 1. The average Bonchev–Trinajstić information content (AvgIpc) is 2.74. The van der Waals surface area contributed by atoms with Gasteiger partial charge in [-0.2, -0.15) is 0 Å². The highest BCUT2D eigenvalue weighted by Crippen LogP contribution is 2.26. The van der Waals surface area contributed by atoms with Gasteiger partial charge in [0, 0.05) is 5.69 Å². The van der Waals surface area contributed by atoms with Crippen molar-refractivity contribution in [1.82, 2.24) is 0 Å². The van der Waals surface area contributed by atoms with E-state index < -0.39 is 15.9 Å². The van der Waals surface area contributed by atoms with E-state index in [1.165, 1.54) is 13.2 Å². The molecule has 0 saturated heterocycles. The highest BCUT2D eigenvalue weighted by atomic mass is 32.2. The number of amides is 1. The summed E-state index contributed by atoms with van der Waals surface area (Å²) in [6.07, 6.45) is 0. The van der Waals surface area contributed by atoms with Crippen LogP contribution in [0.3, 0.4) is 0 Å². The molecular formula is C24H26N2O4S. The summed E-state index contributed by atoms with van der Waals surface area (Å²) in [5.74, 6) is 0.159. The molecule has 3 aromatic carbocycles. The Morgan fingerprint density at radius 2 is 1.65 bits per heavy atom. The first-order chi connectivity index (χ1) is 14.7. The van der Waals surface area contributed by atoms with Gasteiger partial charge < -0.3 is 10.1 Å². The molecule has 0 heterocycles. The molecule has 1 amide bonds. The Morgan fingerprint density at radius 3 is 2.26 bits per heavy atom. The lowest BCUT2D eigenvalue weighted by Gasteiger charge is -2.24. The third kappa shape index (κ3) is 5.24. The summed E-state index contributed by atoms with van der Waals surface area (Å²) in [5.41, 5.74) is 3.96. The summed E-state index contributed by atoms with van der Waals surface area (Å²) >= 11 is 0. The van der Waals surface area contributed by atoms with Gasteiger partial charge in [-0.05, 0) is 86.0 Å². The molecule has 0 aliphatic heterocycles. The van der Waals surface area contributed by atoms with Crippen LogP contribution in [0, 0.1) is 20.8 Å². The van der Waals surface area contributed by atoms with E-state index in [1.54, 1.807) is 42.5 Å². The van der Waals surface area contributed by atoms with Crippen molar-refractivity contribution < 1.29 is 17.9 Å². The van der Waals surface area contributed by atoms with E-state index in [9.17, 15) is 13.2 Å². The monoisotopic (exact) mass is 438 g/mol. The number of nitrogens with zero attached hydrogens (tertiary/aromatic N) is 1. The highest BCUT2D eigenvalue weighted by Gasteiger charge is 2.27. The van der Waals surface area contributed by atoms with E-state index in [2.05, 4.69) is 5.32 Å². The minimum Gasteiger partial charge on any atom is -0.497 e. The Bertz CT molecular complexity index is 1190. The van der Waals surface area contributed by atoms with Crippen LogP contribution in [0.15, 0.2) is 71.6 Å². The predicted octanol–water partition coefficient (Wildman–Crippen LogP) is 4.45. The van der Waals surface area contributed by atoms with Crippen LogP contribution in [0.4, 0.5) is 11.4 Å². The van der Waals surface area contributed by atoms with E-state index in [1.807, 2.05) is 39.0 Å². The Kier molecular flexibility index (Phi) is 6.65. The Balaban J connectivity index is 1.95. The maximum Gasteiger partial charge on any atom is 0.264 e. The summed E-state index contributed by atoms with van der Waals surface area (Å²) in [4.78, 5) is 12.9. The molecular weight excluding hydrogens is 412 g/mol. The lowest BCUT2D eigenvalue weighted by Crippen LogP contribution is -2.38. The minimum atomic E-state index is -3.97. The molecule has 1 N–H and O–H groups in total. The molecule has 162 valence electrons. The number of carbonyl (C=O) groups is 1. The largest absolute Gasteiger partial charge is 0.497 e. The van der Waals surface area contributed by atoms with Crippen LogP contribution in [0.25, 0.3) is 0 Å². The smallest absolute Gasteiger partial charge is 0.264 e. The van der Waals surface area contributed by atoms with Crippen LogP contribution in [0.2, 0.25) is 0 Å². The first-order valence-corrected chi connectivity index (χ1v) is 11.3. The van der Waals surface area contributed by atoms with Crippen molar-refractivity contribution in [3.05, 3.63) is 83.4 Å². The van der Waals surface area contributed by atoms with Crippen LogP contribution in [0.5, 0.6) is 5.75 Å². The number of anilines is 2. The summed E-state index contributed by atoms with van der Waals surface area (Å²) in [5, 5.41) is 2.80. The first-order valence-electron chi connectivity index (χ1n) is 9.81. The number of carbonyl (C=O) groups excluding carboxylic acids is 1. The second-order valence-electron chi connectivity index (χ2n) is 7.37. The van der Waals surface area contributed by atoms with Crippen molar-refractivity contribution in [2.24, 2.45) is 0 Å². The standard InChI is InChI=1S/C24H26N2O4S/c1-17-6-5-7-23(14-17)31(28,29)26(21-10-12-22(30-4)13-11-21)16-24(27)25-20-9-8-18(2)19(3)15-20/h5-15H,16H2,1-4H3,(H,25,27). The summed E-state index contributed by atoms with van der Waals surface area (Å²) in [7, 11) is -2.43. The number of sulfonamides is 1. The van der Waals surface area contributed by atoms with Crippen molar-refractivity contribution >= 4 is 27.3 Å². The van der Waals surface area contributed by atoms with Crippen molar-refractivity contribution in [2.45, 2.75) is 25.7 Å². The second-order valence-corrected chi connectivity index (χ2v) is 9.24. The van der Waals surface area contributed by atoms with Gasteiger partial charge in [0.25, 0.3) is 10.0 Å². The number of nitrogens with one attached hydrogen (secondary N) is 1. The average molecular weight is 439 g/mol. The van der Waals surface area contributed by atoms with Crippen LogP contribution in [-0.2, 0) is 14.8 Å². The molecule has 0 aliphatic carbocycles. The lowest BCUT2D eigenvalue weighted by molar-refractivity contribution is -0.114. The van der Waals surface area contributed by atoms with Gasteiger partial charge in [-0.15, -0.1) is 0 Å². The van der Waals surface area contributed by atoms with Gasteiger partial charge in [0.1, 0.15) is 12.3 Å². The van der Waals surface area contributed by atoms with Crippen molar-refractivity contribution in [1.29, 1.82) is 0 Å². The van der Waals surface area contributed by atoms with E-state index in [0.717, 1.165) is 21.0 Å². The molecule has 3 rings (SSSR count). The summed E-state index contributed by atoms with van der Waals surface area (Å²) in [6.45, 7) is 5.40. The molecule has 3 aromatic rings. The number of aryl methyl sites for hydroxylation is 3. The Labute approximate surface area is 183 Å². The molecule has 0 unspecified atom stereocenters. The van der Waals surface area contributed by atoms with Crippen LogP contribution in [-0.4, -0.2) is 28.0 Å². The SMILES string of the molecule is COc1ccc(N(CC(=O)Nc2ccc(C)c(C)c2)S(=O)(=O)c2cccc(C)c2)cc1. The molecule has 0 fully saturated rings. The topological polar surface area (TPSA) is 75.7 Å². The van der Waals surface area contributed by atoms with Crippen LogP contribution < -0.4 is 14.4 Å². The van der Waals surface area contributed by atoms with Gasteiger partial charge in [-0.3, -0.25) is 9.10 Å². The quantitative estimate of drug-likeness (QED) is 0.591. The normalized spacial score (nSPS) is 11.1. The molecule has 6 nitrogen and oxygen atoms in total. The van der Waals surface area contributed by atoms with E-state index >= 15 is 0 Å². The van der Waals surface area contributed by atoms with E-state index in [4.69, 9.17) is 4.74 Å². The Morgan fingerprint density at radius 1 is 0.935 bits per heavy atom. The molecule has 7 heteroatoms. The highest BCUT2D eigenvalue weighted by molar-refractivity contribution is 7.92. The van der Waals surface area contributed by atoms with Crippen molar-refractivity contribution in [2.75, 3.05) is 23.3 Å². The number of benzene rings is 3. The van der Waals surface area contributed by atoms with Gasteiger partial charge in [0.15, 0.2) is 0 Å². The number of methoxy groups -OCH3 is 1. The zero-order valence-corrected chi connectivity index (χ0v) is 18.9. The maximum absolute atomic E-state index is 13.4. The predicted molar refractivity (Wildman–Crippen MR) is 123 cm³/mol. The molecule has 31 heavy (non-hydrogen) atoms. The molecule has 0 spiro atoms. The maximum atomic E-state index is 13.4. The van der Waals surface area contributed by atoms with Gasteiger partial charge in [-0.25, -0.2) is 8.42 Å². The lowest BCUT2D eigenvalue weighted by atomic mass is 10.1. The zero-order chi connectivity index (χ0) is 22.6. The van der Waals surface area contributed by atoms with E-state index in [0.29, 0.717) is 17.1 Å². The van der Waals surface area contributed by atoms with Gasteiger partial charge in [0.2, 0.25) is 5.91 Å². The number of hydrogen-bond acceptors (Lipinski definition) is 4. The number of ether oxygens (including phenoxy) is 1. The fourth-order valence-corrected chi connectivity index (χ4v) is 4.64. The zero-order valence-electron chi connectivity index (χ0n) is 18.0. The van der Waals surface area contributed by atoms with Crippen LogP contribution in [0.1, 0.15) is 16.7 Å². The summed E-state index contributed by atoms with van der Waals surface area (Å²) < 4.78 is 33.2. The van der Waals surface area contributed by atoms with Gasteiger partial charge >= 0.3 is 0 Å². The molecule has 0 saturated carbocycles. The number of rotatable bonds is 7. The molecule has 0 bridgehead atoms. The molecule has 0 atom stereocenters.